The molecule has 4 aromatic carbocycles. The first kappa shape index (κ1) is 44.7. The van der Waals surface area contributed by atoms with E-state index in [1.807, 2.05) is 115 Å². The van der Waals surface area contributed by atoms with Crippen LogP contribution in [-0.4, -0.2) is 83.7 Å². The molecule has 5 amide bonds. The number of carboxylic acid groups (broad SMARTS) is 1. The van der Waals surface area contributed by atoms with Crippen molar-refractivity contribution in [2.45, 2.75) is 68.8 Å². The van der Waals surface area contributed by atoms with Gasteiger partial charge in [-0.3, -0.25) is 28.8 Å². The average molecular weight is 834 g/mol. The third-order valence-corrected chi connectivity index (χ3v) is 10.8. The van der Waals surface area contributed by atoms with E-state index in [2.05, 4.69) is 26.6 Å². The van der Waals surface area contributed by atoms with Gasteiger partial charge in [-0.15, -0.1) is 11.8 Å². The van der Waals surface area contributed by atoms with Gasteiger partial charge in [0.15, 0.2) is 6.61 Å². The molecule has 0 saturated carbocycles. The summed E-state index contributed by atoms with van der Waals surface area (Å²) in [5.74, 6) is -3.51. The van der Waals surface area contributed by atoms with Crippen LogP contribution in [0.15, 0.2) is 121 Å². The van der Waals surface area contributed by atoms with Crippen molar-refractivity contribution in [3.8, 4) is 16.9 Å². The molecule has 0 aliphatic carbocycles. The van der Waals surface area contributed by atoms with Crippen LogP contribution in [0.1, 0.15) is 42.4 Å². The van der Waals surface area contributed by atoms with E-state index < -0.39 is 60.2 Å². The van der Waals surface area contributed by atoms with E-state index in [0.29, 0.717) is 18.6 Å². The first-order chi connectivity index (χ1) is 29.0. The minimum absolute atomic E-state index is 0.0178. The van der Waals surface area contributed by atoms with E-state index >= 15 is 0 Å². The number of nitrogens with one attached hydrogen (secondary N) is 5. The molecule has 60 heavy (non-hydrogen) atoms. The van der Waals surface area contributed by atoms with Crippen molar-refractivity contribution in [2.75, 3.05) is 19.7 Å². The first-order valence-corrected chi connectivity index (χ1v) is 20.8. The summed E-state index contributed by atoms with van der Waals surface area (Å²) < 4.78 is 5.69. The smallest absolute Gasteiger partial charge is 0.305 e. The molecule has 0 saturated heterocycles. The number of ether oxygens (including phenoxy) is 1. The standard InChI is InChI=1S/C46H51N5O8S/c1-31-14-21-36(22-15-31)59-30-42(53)49-40(28-37-13-8-26-60-37)46(58)51-39(27-33-16-19-35(20-17-33)34-11-6-3-7-12-34)45(57)50-38(23-18-32-9-4-2-5-10-32)44(56)48-29-41(52)47-25-24-43(54)55/h2-12,14-17,19-22,26,37-40H,13,18,23-25,27-30H2,1H3,(H,47,52)(H,48,56)(H,49,53)(H,50,57)(H,51,58)(H,54,55)/t37?,38-,39+,40-/m1/s1. The molecule has 0 aromatic heterocycles. The molecular formula is C46H51N5O8S. The van der Waals surface area contributed by atoms with Crippen LogP contribution in [0.2, 0.25) is 0 Å². The monoisotopic (exact) mass is 833 g/mol. The lowest BCUT2D eigenvalue weighted by Gasteiger charge is -2.26. The van der Waals surface area contributed by atoms with E-state index in [9.17, 15) is 28.8 Å². The summed E-state index contributed by atoms with van der Waals surface area (Å²) >= 11 is 1.56. The molecule has 4 aromatic rings. The number of aryl methyl sites for hydroxylation is 2. The number of amides is 5. The van der Waals surface area contributed by atoms with E-state index in [0.717, 1.165) is 27.8 Å². The van der Waals surface area contributed by atoms with Crippen molar-refractivity contribution in [1.29, 1.82) is 0 Å². The number of carboxylic acids is 1. The van der Waals surface area contributed by atoms with Gasteiger partial charge in [0.1, 0.15) is 23.9 Å². The zero-order chi connectivity index (χ0) is 42.7. The maximum Gasteiger partial charge on any atom is 0.305 e. The van der Waals surface area contributed by atoms with Crippen LogP contribution < -0.4 is 31.3 Å². The number of hydrogen-bond acceptors (Lipinski definition) is 8. The van der Waals surface area contributed by atoms with Crippen LogP contribution in [-0.2, 0) is 41.6 Å². The predicted octanol–water partition coefficient (Wildman–Crippen LogP) is 4.49. The lowest BCUT2D eigenvalue weighted by Crippen LogP contribution is -2.58. The second-order valence-electron chi connectivity index (χ2n) is 14.4. The molecule has 5 rings (SSSR count). The Hall–Kier alpha value is -6.41. The Morgan fingerprint density at radius 1 is 0.700 bits per heavy atom. The summed E-state index contributed by atoms with van der Waals surface area (Å²) in [6.45, 7) is 1.07. The summed E-state index contributed by atoms with van der Waals surface area (Å²) in [6.07, 6.45) is 3.35. The minimum Gasteiger partial charge on any atom is -0.484 e. The third kappa shape index (κ3) is 15.1. The number of thioether (sulfide) groups is 1. The van der Waals surface area contributed by atoms with Gasteiger partial charge in [-0.2, -0.15) is 0 Å². The number of benzene rings is 4. The highest BCUT2D eigenvalue weighted by Gasteiger charge is 2.32. The lowest BCUT2D eigenvalue weighted by atomic mass is 9.99. The number of aliphatic carboxylic acids is 1. The fourth-order valence-corrected chi connectivity index (χ4v) is 7.41. The Morgan fingerprint density at radius 2 is 1.35 bits per heavy atom. The van der Waals surface area contributed by atoms with Crippen LogP contribution in [0.4, 0.5) is 0 Å². The molecule has 1 aliphatic heterocycles. The van der Waals surface area contributed by atoms with Crippen molar-refractivity contribution in [2.24, 2.45) is 0 Å². The molecule has 4 atom stereocenters. The second-order valence-corrected chi connectivity index (χ2v) is 15.7. The highest BCUT2D eigenvalue weighted by molar-refractivity contribution is 8.03. The largest absolute Gasteiger partial charge is 0.484 e. The quantitative estimate of drug-likeness (QED) is 0.0663. The molecule has 13 nitrogen and oxygen atoms in total. The normalized spacial score (nSPS) is 14.5. The second kappa shape index (κ2) is 23.2. The fourth-order valence-electron chi connectivity index (χ4n) is 6.44. The van der Waals surface area contributed by atoms with Crippen LogP contribution in [0.25, 0.3) is 11.1 Å². The third-order valence-electron chi connectivity index (χ3n) is 9.72. The zero-order valence-electron chi connectivity index (χ0n) is 33.4. The minimum atomic E-state index is -1.18. The Labute approximate surface area is 354 Å². The molecule has 6 N–H and O–H groups in total. The van der Waals surface area contributed by atoms with Crippen molar-refractivity contribution >= 4 is 47.3 Å². The summed E-state index contributed by atoms with van der Waals surface area (Å²) in [7, 11) is 0. The van der Waals surface area contributed by atoms with Gasteiger partial charge >= 0.3 is 5.97 Å². The van der Waals surface area contributed by atoms with E-state index in [1.54, 1.807) is 23.9 Å². The topological polar surface area (TPSA) is 192 Å². The summed E-state index contributed by atoms with van der Waals surface area (Å²) in [4.78, 5) is 78.7. The van der Waals surface area contributed by atoms with Gasteiger partial charge in [0.25, 0.3) is 5.91 Å². The van der Waals surface area contributed by atoms with Gasteiger partial charge in [0.05, 0.1) is 13.0 Å². The number of rotatable bonds is 22. The first-order valence-electron chi connectivity index (χ1n) is 19.9. The van der Waals surface area contributed by atoms with Crippen LogP contribution in [0.3, 0.4) is 0 Å². The number of hydrogen-bond donors (Lipinski definition) is 6. The number of carbonyl (C=O) groups excluding carboxylic acids is 5. The average Bonchev–Trinajstić information content (AvgIpc) is 3.77. The molecule has 0 spiro atoms. The van der Waals surface area contributed by atoms with Gasteiger partial charge < -0.3 is 36.4 Å². The molecule has 1 heterocycles. The van der Waals surface area contributed by atoms with Gasteiger partial charge in [0, 0.05) is 18.2 Å². The van der Waals surface area contributed by atoms with Crippen molar-refractivity contribution in [3.63, 3.8) is 0 Å². The highest BCUT2D eigenvalue weighted by atomic mass is 32.2. The molecule has 14 heteroatoms. The number of allylic oxidation sites excluding steroid dienone is 1. The van der Waals surface area contributed by atoms with E-state index in [-0.39, 0.29) is 44.1 Å². The molecule has 0 radical (unpaired) electrons. The molecule has 1 unspecified atom stereocenters. The fraction of sp³-hybridized carbons (Fsp3) is 0.304. The molecular weight excluding hydrogens is 783 g/mol. The Kier molecular flexibility index (Phi) is 17.3. The molecule has 0 bridgehead atoms. The van der Waals surface area contributed by atoms with Crippen LogP contribution >= 0.6 is 11.8 Å². The van der Waals surface area contributed by atoms with E-state index in [4.69, 9.17) is 9.84 Å². The molecule has 1 aliphatic rings. The van der Waals surface area contributed by atoms with Gasteiger partial charge in [-0.1, -0.05) is 109 Å². The van der Waals surface area contributed by atoms with Gasteiger partial charge in [-0.05, 0) is 72.4 Å². The Balaban J connectivity index is 1.35. The van der Waals surface area contributed by atoms with Crippen LogP contribution in [0.5, 0.6) is 5.75 Å². The van der Waals surface area contributed by atoms with Gasteiger partial charge in [0.2, 0.25) is 23.6 Å². The molecule has 314 valence electrons. The van der Waals surface area contributed by atoms with Crippen molar-refractivity contribution in [3.05, 3.63) is 137 Å². The van der Waals surface area contributed by atoms with Crippen molar-refractivity contribution in [1.82, 2.24) is 26.6 Å². The van der Waals surface area contributed by atoms with Crippen molar-refractivity contribution < 1.29 is 38.6 Å². The summed E-state index contributed by atoms with van der Waals surface area (Å²) in [5.41, 5.74) is 4.67. The lowest BCUT2D eigenvalue weighted by molar-refractivity contribution is -0.137. The maximum atomic E-state index is 14.4. The Bertz CT molecular complexity index is 2070. The maximum absolute atomic E-state index is 14.4. The summed E-state index contributed by atoms with van der Waals surface area (Å²) in [6, 6.07) is 30.8. The Morgan fingerprint density at radius 3 is 2.02 bits per heavy atom. The summed E-state index contributed by atoms with van der Waals surface area (Å²) in [5, 5.41) is 24.4. The van der Waals surface area contributed by atoms with Gasteiger partial charge in [-0.25, -0.2) is 0 Å². The highest BCUT2D eigenvalue weighted by Crippen LogP contribution is 2.28. The van der Waals surface area contributed by atoms with Crippen LogP contribution in [0, 0.1) is 6.92 Å². The number of carbonyl (C=O) groups is 6. The SMILES string of the molecule is Cc1ccc(OCC(=O)N[C@H](CC2CC=CS2)C(=O)N[C@@H](Cc2ccc(-c3ccccc3)cc2)C(=O)N[C@H](CCc2ccccc2)C(=O)NCC(=O)NCCC(=O)O)cc1. The predicted molar refractivity (Wildman–Crippen MR) is 231 cm³/mol. The van der Waals surface area contributed by atoms with E-state index in [1.165, 1.54) is 0 Å². The zero-order valence-corrected chi connectivity index (χ0v) is 34.3. The molecule has 0 fully saturated rings.